The lowest BCUT2D eigenvalue weighted by Gasteiger charge is -2.38. The van der Waals surface area contributed by atoms with Crippen molar-refractivity contribution in [3.05, 3.63) is 51.5 Å². The smallest absolute Gasteiger partial charge is 0.258 e. The molecule has 0 saturated heterocycles. The molecule has 1 aliphatic rings. The van der Waals surface area contributed by atoms with Crippen LogP contribution in [0.4, 0.5) is 0 Å². The van der Waals surface area contributed by atoms with E-state index in [2.05, 4.69) is 21.2 Å². The second-order valence-electron chi connectivity index (χ2n) is 7.75. The third-order valence-electron chi connectivity index (χ3n) is 4.79. The van der Waals surface area contributed by atoms with Gasteiger partial charge in [-0.1, -0.05) is 15.9 Å². The van der Waals surface area contributed by atoms with Gasteiger partial charge in [0.1, 0.15) is 22.8 Å². The van der Waals surface area contributed by atoms with Crippen molar-refractivity contribution < 1.29 is 19.0 Å². The lowest BCUT2D eigenvalue weighted by atomic mass is 9.89. The van der Waals surface area contributed by atoms with Gasteiger partial charge in [-0.25, -0.2) is 0 Å². The summed E-state index contributed by atoms with van der Waals surface area (Å²) in [6.07, 6.45) is 0.675. The number of methoxy groups -OCH3 is 1. The summed E-state index contributed by atoms with van der Waals surface area (Å²) in [5.74, 6) is 1.99. The summed E-state index contributed by atoms with van der Waals surface area (Å²) >= 11 is 3.54. The quantitative estimate of drug-likeness (QED) is 0.709. The van der Waals surface area contributed by atoms with Crippen LogP contribution in [0, 0.1) is 13.8 Å². The van der Waals surface area contributed by atoms with Gasteiger partial charge in [-0.15, -0.1) is 0 Å². The van der Waals surface area contributed by atoms with Gasteiger partial charge in [-0.05, 0) is 63.1 Å². The molecular formula is C22H26BrNO4. The molecule has 0 spiro atoms. The molecule has 0 saturated carbocycles. The van der Waals surface area contributed by atoms with E-state index in [0.29, 0.717) is 12.2 Å². The topological polar surface area (TPSA) is 56.8 Å². The molecule has 0 bridgehead atoms. The van der Waals surface area contributed by atoms with Gasteiger partial charge >= 0.3 is 0 Å². The van der Waals surface area contributed by atoms with Gasteiger partial charge in [0.25, 0.3) is 5.91 Å². The zero-order chi connectivity index (χ0) is 20.5. The highest BCUT2D eigenvalue weighted by molar-refractivity contribution is 9.10. The lowest BCUT2D eigenvalue weighted by molar-refractivity contribution is -0.124. The van der Waals surface area contributed by atoms with Crippen molar-refractivity contribution in [3.63, 3.8) is 0 Å². The van der Waals surface area contributed by atoms with E-state index in [-0.39, 0.29) is 18.6 Å². The second kappa shape index (κ2) is 8.03. The molecule has 0 unspecified atom stereocenters. The van der Waals surface area contributed by atoms with E-state index in [4.69, 9.17) is 14.2 Å². The second-order valence-corrected chi connectivity index (χ2v) is 8.54. The summed E-state index contributed by atoms with van der Waals surface area (Å²) in [6, 6.07) is 9.38. The van der Waals surface area contributed by atoms with Crippen LogP contribution in [0.5, 0.6) is 17.2 Å². The lowest BCUT2D eigenvalue weighted by Crippen LogP contribution is -2.42. The van der Waals surface area contributed by atoms with E-state index in [9.17, 15) is 4.79 Å². The zero-order valence-electron chi connectivity index (χ0n) is 16.9. The normalized spacial score (nSPS) is 17.3. The van der Waals surface area contributed by atoms with Crippen LogP contribution in [0.1, 0.15) is 43.0 Å². The van der Waals surface area contributed by atoms with Gasteiger partial charge < -0.3 is 19.5 Å². The van der Waals surface area contributed by atoms with Crippen molar-refractivity contribution in [2.45, 2.75) is 45.8 Å². The van der Waals surface area contributed by atoms with Crippen molar-refractivity contribution in [2.24, 2.45) is 0 Å². The van der Waals surface area contributed by atoms with Gasteiger partial charge in [0, 0.05) is 22.5 Å². The molecule has 0 fully saturated rings. The molecule has 1 atom stereocenters. The number of ether oxygens (including phenoxy) is 3. The fourth-order valence-electron chi connectivity index (χ4n) is 3.46. The summed E-state index contributed by atoms with van der Waals surface area (Å²) < 4.78 is 18.1. The van der Waals surface area contributed by atoms with E-state index in [0.717, 1.165) is 32.7 Å². The van der Waals surface area contributed by atoms with Crippen LogP contribution in [0.15, 0.2) is 34.8 Å². The number of nitrogens with one attached hydrogen (secondary N) is 1. The first-order valence-electron chi connectivity index (χ1n) is 9.24. The van der Waals surface area contributed by atoms with E-state index in [1.165, 1.54) is 0 Å². The number of halogens is 1. The van der Waals surface area contributed by atoms with Crippen molar-refractivity contribution in [1.29, 1.82) is 0 Å². The average molecular weight is 448 g/mol. The Kier molecular flexibility index (Phi) is 5.89. The highest BCUT2D eigenvalue weighted by atomic mass is 79.9. The average Bonchev–Trinajstić information content (AvgIpc) is 2.62. The Morgan fingerprint density at radius 3 is 2.54 bits per heavy atom. The fraction of sp³-hybridized carbons (Fsp3) is 0.409. The number of hydrogen-bond donors (Lipinski definition) is 1. The van der Waals surface area contributed by atoms with Gasteiger partial charge in [0.2, 0.25) is 0 Å². The van der Waals surface area contributed by atoms with E-state index in [1.54, 1.807) is 7.11 Å². The minimum absolute atomic E-state index is 0.0379. The van der Waals surface area contributed by atoms with E-state index >= 15 is 0 Å². The maximum absolute atomic E-state index is 12.6. The van der Waals surface area contributed by atoms with Crippen molar-refractivity contribution in [2.75, 3.05) is 13.7 Å². The Morgan fingerprint density at radius 1 is 1.21 bits per heavy atom. The third-order valence-corrected chi connectivity index (χ3v) is 6.04. The molecule has 1 aliphatic heterocycles. The highest BCUT2D eigenvalue weighted by Gasteiger charge is 2.34. The summed E-state index contributed by atoms with van der Waals surface area (Å²) in [6.45, 7) is 7.99. The number of aryl methyl sites for hydroxylation is 2. The van der Waals surface area contributed by atoms with Crippen LogP contribution in [0.25, 0.3) is 0 Å². The Hall–Kier alpha value is -2.21. The Balaban J connectivity index is 1.70. The van der Waals surface area contributed by atoms with Gasteiger partial charge in [-0.3, -0.25) is 4.79 Å². The van der Waals surface area contributed by atoms with Crippen LogP contribution in [-0.4, -0.2) is 25.2 Å². The molecule has 1 amide bonds. The Bertz CT molecular complexity index is 871. The number of fused-ring (bicyclic) bond motifs is 1. The van der Waals surface area contributed by atoms with Crippen molar-refractivity contribution >= 4 is 21.8 Å². The Morgan fingerprint density at radius 2 is 1.89 bits per heavy atom. The van der Waals surface area contributed by atoms with Crippen LogP contribution in [0.3, 0.4) is 0 Å². The number of carbonyl (C=O) groups is 1. The predicted octanol–water partition coefficient (Wildman–Crippen LogP) is 4.87. The predicted molar refractivity (Wildman–Crippen MR) is 112 cm³/mol. The molecule has 150 valence electrons. The first-order chi connectivity index (χ1) is 13.2. The van der Waals surface area contributed by atoms with Gasteiger partial charge in [0.05, 0.1) is 13.2 Å². The van der Waals surface area contributed by atoms with Crippen molar-refractivity contribution in [3.8, 4) is 17.2 Å². The van der Waals surface area contributed by atoms with Crippen LogP contribution in [0.2, 0.25) is 0 Å². The molecule has 2 aromatic carbocycles. The van der Waals surface area contributed by atoms with E-state index in [1.807, 2.05) is 58.0 Å². The number of amides is 1. The SMILES string of the molecule is COc1ccc2c(c1)OC(C)(C)C[C@@H]2NC(=O)COc1cc(C)c(Br)c(C)c1. The maximum atomic E-state index is 12.6. The molecular weight excluding hydrogens is 422 g/mol. The summed E-state index contributed by atoms with van der Waals surface area (Å²) in [5.41, 5.74) is 2.70. The molecule has 1 N–H and O–H groups in total. The molecule has 2 aromatic rings. The first-order valence-corrected chi connectivity index (χ1v) is 10.0. The largest absolute Gasteiger partial charge is 0.497 e. The highest BCUT2D eigenvalue weighted by Crippen LogP contribution is 2.41. The number of benzene rings is 2. The number of carbonyl (C=O) groups excluding carboxylic acids is 1. The first kappa shape index (κ1) is 20.5. The van der Waals surface area contributed by atoms with Crippen LogP contribution in [-0.2, 0) is 4.79 Å². The third kappa shape index (κ3) is 4.61. The van der Waals surface area contributed by atoms with Crippen molar-refractivity contribution in [1.82, 2.24) is 5.32 Å². The standard InChI is InChI=1S/C22H26BrNO4/c1-13-8-16(9-14(2)21(13)23)27-12-20(25)24-18-11-22(3,4)28-19-10-15(26-5)6-7-17(18)19/h6-10,18H,11-12H2,1-5H3,(H,24,25)/t18-/m0/s1. The molecule has 3 rings (SSSR count). The summed E-state index contributed by atoms with van der Waals surface area (Å²) in [5, 5.41) is 3.09. The summed E-state index contributed by atoms with van der Waals surface area (Å²) in [7, 11) is 1.62. The molecule has 5 nitrogen and oxygen atoms in total. The molecule has 0 aliphatic carbocycles. The fourth-order valence-corrected chi connectivity index (χ4v) is 3.69. The molecule has 6 heteroatoms. The van der Waals surface area contributed by atoms with Crippen LogP contribution < -0.4 is 19.5 Å². The number of rotatable bonds is 5. The number of hydrogen-bond acceptors (Lipinski definition) is 4. The molecule has 28 heavy (non-hydrogen) atoms. The van der Waals surface area contributed by atoms with E-state index < -0.39 is 5.60 Å². The minimum atomic E-state index is -0.391. The molecule has 1 heterocycles. The molecule has 0 radical (unpaired) electrons. The summed E-state index contributed by atoms with van der Waals surface area (Å²) in [4.78, 5) is 12.6. The Labute approximate surface area is 174 Å². The van der Waals surface area contributed by atoms with Gasteiger partial charge in [0.15, 0.2) is 6.61 Å². The zero-order valence-corrected chi connectivity index (χ0v) is 18.5. The molecule has 0 aromatic heterocycles. The maximum Gasteiger partial charge on any atom is 0.258 e. The minimum Gasteiger partial charge on any atom is -0.497 e. The monoisotopic (exact) mass is 447 g/mol. The van der Waals surface area contributed by atoms with Gasteiger partial charge in [-0.2, -0.15) is 0 Å². The van der Waals surface area contributed by atoms with Crippen LogP contribution >= 0.6 is 15.9 Å².